The lowest BCUT2D eigenvalue weighted by atomic mass is 9.97. The third kappa shape index (κ3) is 5.83. The number of amides is 4. The average molecular weight is 517 g/mol. The van der Waals surface area contributed by atoms with Gasteiger partial charge in [-0.2, -0.15) is 0 Å². The third-order valence-electron chi connectivity index (χ3n) is 7.19. The van der Waals surface area contributed by atoms with Crippen molar-refractivity contribution in [3.8, 4) is 5.75 Å². The predicted octanol–water partition coefficient (Wildman–Crippen LogP) is 3.36. The number of rotatable bonds is 7. The number of benzene rings is 1. The van der Waals surface area contributed by atoms with E-state index in [1.807, 2.05) is 20.8 Å². The number of carbonyl (C=O) groups excluding carboxylic acids is 3. The van der Waals surface area contributed by atoms with Gasteiger partial charge < -0.3 is 29.4 Å². The molecule has 1 aromatic rings. The number of likely N-dealkylation sites (N-methyl/N-ethyl adjacent to an activating group) is 1. The highest BCUT2D eigenvalue weighted by molar-refractivity contribution is 6.05. The van der Waals surface area contributed by atoms with Crippen LogP contribution in [0.25, 0.3) is 0 Å². The van der Waals surface area contributed by atoms with E-state index in [0.717, 1.165) is 6.42 Å². The van der Waals surface area contributed by atoms with Crippen molar-refractivity contribution in [2.45, 2.75) is 78.5 Å². The summed E-state index contributed by atoms with van der Waals surface area (Å²) in [4.78, 5) is 57.3. The molecule has 37 heavy (non-hydrogen) atoms. The van der Waals surface area contributed by atoms with Crippen LogP contribution in [0.15, 0.2) is 12.1 Å². The van der Waals surface area contributed by atoms with E-state index in [0.29, 0.717) is 48.5 Å². The highest BCUT2D eigenvalue weighted by Gasteiger charge is 2.42. The van der Waals surface area contributed by atoms with Gasteiger partial charge in [-0.05, 0) is 65.2 Å². The number of carboxylic acid groups (broad SMARTS) is 1. The molecule has 10 heteroatoms. The summed E-state index contributed by atoms with van der Waals surface area (Å²) in [5.41, 5.74) is 0.558. The Bertz CT molecular complexity index is 1070. The minimum absolute atomic E-state index is 0.0181. The van der Waals surface area contributed by atoms with Crippen LogP contribution in [-0.2, 0) is 9.59 Å². The highest BCUT2D eigenvalue weighted by Crippen LogP contribution is 2.40. The fourth-order valence-electron chi connectivity index (χ4n) is 5.13. The van der Waals surface area contributed by atoms with Gasteiger partial charge in [0.15, 0.2) is 5.60 Å². The van der Waals surface area contributed by atoms with Crippen molar-refractivity contribution < 1.29 is 29.0 Å². The zero-order valence-electron chi connectivity index (χ0n) is 23.0. The first-order valence-electron chi connectivity index (χ1n) is 13.0. The van der Waals surface area contributed by atoms with Crippen LogP contribution >= 0.6 is 0 Å². The lowest BCUT2D eigenvalue weighted by Crippen LogP contribution is -2.55. The van der Waals surface area contributed by atoms with Crippen molar-refractivity contribution in [3.05, 3.63) is 23.3 Å². The summed E-state index contributed by atoms with van der Waals surface area (Å²) in [5.74, 6) is 0.0390. The topological polar surface area (TPSA) is 111 Å². The number of hydrogen-bond donors (Lipinski definition) is 1. The first-order valence-corrected chi connectivity index (χ1v) is 13.0. The van der Waals surface area contributed by atoms with Gasteiger partial charge in [0, 0.05) is 51.3 Å². The summed E-state index contributed by atoms with van der Waals surface area (Å²) in [6.45, 7) is 12.2. The van der Waals surface area contributed by atoms with E-state index in [1.165, 1.54) is 4.90 Å². The molecule has 1 saturated heterocycles. The lowest BCUT2D eigenvalue weighted by molar-refractivity contribution is -0.133. The molecule has 204 valence electrons. The molecule has 0 aromatic heterocycles. The van der Waals surface area contributed by atoms with E-state index in [4.69, 9.17) is 4.74 Å². The van der Waals surface area contributed by atoms with E-state index in [2.05, 4.69) is 0 Å². The van der Waals surface area contributed by atoms with E-state index in [-0.39, 0.29) is 42.9 Å². The van der Waals surface area contributed by atoms with E-state index < -0.39 is 11.7 Å². The van der Waals surface area contributed by atoms with E-state index in [9.17, 15) is 24.3 Å². The van der Waals surface area contributed by atoms with Gasteiger partial charge in [-0.3, -0.25) is 14.4 Å². The van der Waals surface area contributed by atoms with Gasteiger partial charge in [0.05, 0.1) is 11.7 Å². The molecule has 4 amide bonds. The average Bonchev–Trinajstić information content (AvgIpc) is 2.83. The smallest absolute Gasteiger partial charge is 0.407 e. The third-order valence-corrected chi connectivity index (χ3v) is 7.19. The largest absolute Gasteiger partial charge is 0.476 e. The second kappa shape index (κ2) is 11.0. The van der Waals surface area contributed by atoms with Gasteiger partial charge in [0.2, 0.25) is 5.91 Å². The highest BCUT2D eigenvalue weighted by atomic mass is 16.5. The number of carbonyl (C=O) groups is 4. The normalized spacial score (nSPS) is 18.8. The first kappa shape index (κ1) is 28.3. The van der Waals surface area contributed by atoms with Gasteiger partial charge in [-0.1, -0.05) is 6.92 Å². The maximum absolute atomic E-state index is 13.9. The minimum Gasteiger partial charge on any atom is -0.476 e. The Morgan fingerprint density at radius 3 is 2.51 bits per heavy atom. The molecule has 2 aliphatic rings. The molecule has 0 radical (unpaired) electrons. The van der Waals surface area contributed by atoms with Crippen LogP contribution in [0.4, 0.5) is 10.5 Å². The monoisotopic (exact) mass is 516 g/mol. The summed E-state index contributed by atoms with van der Waals surface area (Å²) in [7, 11) is 1.71. The Morgan fingerprint density at radius 1 is 1.24 bits per heavy atom. The molecule has 1 N–H and O–H groups in total. The second-order valence-electron chi connectivity index (χ2n) is 10.7. The second-order valence-corrected chi connectivity index (χ2v) is 10.7. The Hall–Kier alpha value is -3.30. The number of ether oxygens (including phenoxy) is 1. The van der Waals surface area contributed by atoms with Crippen LogP contribution in [0.5, 0.6) is 5.75 Å². The molecule has 0 spiro atoms. The molecular weight excluding hydrogens is 476 g/mol. The summed E-state index contributed by atoms with van der Waals surface area (Å²) >= 11 is 0. The van der Waals surface area contributed by atoms with Crippen LogP contribution in [-0.4, -0.2) is 94.5 Å². The van der Waals surface area contributed by atoms with Crippen molar-refractivity contribution in [1.82, 2.24) is 14.7 Å². The van der Waals surface area contributed by atoms with E-state index >= 15 is 0 Å². The summed E-state index contributed by atoms with van der Waals surface area (Å²) in [6.07, 6.45) is 0.800. The zero-order chi connectivity index (χ0) is 27.7. The van der Waals surface area contributed by atoms with Crippen LogP contribution < -0.4 is 9.64 Å². The molecule has 10 nitrogen and oxygen atoms in total. The number of fused-ring (bicyclic) bond motifs is 1. The molecule has 2 heterocycles. The molecule has 2 aliphatic heterocycles. The van der Waals surface area contributed by atoms with Crippen LogP contribution in [0.3, 0.4) is 0 Å². The van der Waals surface area contributed by atoms with Crippen molar-refractivity contribution in [3.63, 3.8) is 0 Å². The number of aryl methyl sites for hydroxylation is 1. The van der Waals surface area contributed by atoms with Crippen molar-refractivity contribution in [2.75, 3.05) is 38.1 Å². The SMILES string of the molecule is CCC(=O)N(C)CCN1C(=O)C(C)(C)Oc2cc(C)c(C(=O)N(C(C)C)[C@@H]3CCCN(C(=O)O)C3)cc21. The Morgan fingerprint density at radius 2 is 1.92 bits per heavy atom. The quantitative estimate of drug-likeness (QED) is 0.595. The van der Waals surface area contributed by atoms with Crippen molar-refractivity contribution >= 4 is 29.5 Å². The number of anilines is 1. The van der Waals surface area contributed by atoms with Crippen molar-refractivity contribution in [2.24, 2.45) is 0 Å². The van der Waals surface area contributed by atoms with Gasteiger partial charge in [-0.25, -0.2) is 4.79 Å². The molecule has 1 atom stereocenters. The maximum Gasteiger partial charge on any atom is 0.407 e. The Kier molecular flexibility index (Phi) is 8.39. The maximum atomic E-state index is 13.9. The van der Waals surface area contributed by atoms with E-state index in [1.54, 1.807) is 54.7 Å². The molecule has 0 aliphatic carbocycles. The molecule has 0 bridgehead atoms. The molecule has 3 rings (SSSR count). The summed E-state index contributed by atoms with van der Waals surface area (Å²) < 4.78 is 6.05. The van der Waals surface area contributed by atoms with Crippen molar-refractivity contribution in [1.29, 1.82) is 0 Å². The number of likely N-dealkylation sites (tertiary alicyclic amines) is 1. The number of nitrogens with zero attached hydrogens (tertiary/aromatic N) is 4. The van der Waals surface area contributed by atoms with Crippen LogP contribution in [0.2, 0.25) is 0 Å². The van der Waals surface area contributed by atoms with Gasteiger partial charge >= 0.3 is 6.09 Å². The lowest BCUT2D eigenvalue weighted by Gasteiger charge is -2.42. The molecule has 1 aromatic carbocycles. The van der Waals surface area contributed by atoms with Crippen LogP contribution in [0.1, 0.15) is 69.8 Å². The molecule has 1 fully saturated rings. The minimum atomic E-state index is -1.09. The molecule has 0 unspecified atom stereocenters. The van der Waals surface area contributed by atoms with Gasteiger partial charge in [0.1, 0.15) is 5.75 Å². The van der Waals surface area contributed by atoms with Gasteiger partial charge in [0.25, 0.3) is 11.8 Å². The number of hydrogen-bond acceptors (Lipinski definition) is 5. The van der Waals surface area contributed by atoms with Gasteiger partial charge in [-0.15, -0.1) is 0 Å². The fourth-order valence-corrected chi connectivity index (χ4v) is 5.13. The Balaban J connectivity index is 1.98. The summed E-state index contributed by atoms with van der Waals surface area (Å²) in [5, 5.41) is 9.49. The molecular formula is C27H40N4O6. The fraction of sp³-hybridized carbons (Fsp3) is 0.630. The first-order chi connectivity index (χ1) is 17.3. The number of piperidine rings is 1. The standard InChI is InChI=1S/C27H40N4O6/c1-8-23(32)28(7)12-13-30-21-15-20(18(4)14-22(21)37-27(5,6)25(30)34)24(33)31(17(2)3)19-10-9-11-29(16-19)26(35)36/h14-15,17,19H,8-13,16H2,1-7H3,(H,35,36)/t19-/m1/s1. The predicted molar refractivity (Wildman–Crippen MR) is 140 cm³/mol. The Labute approximate surface area is 219 Å². The zero-order valence-corrected chi connectivity index (χ0v) is 23.0. The van der Waals surface area contributed by atoms with Crippen LogP contribution in [0, 0.1) is 6.92 Å². The molecule has 0 saturated carbocycles. The summed E-state index contributed by atoms with van der Waals surface area (Å²) in [6, 6.07) is 3.10.